The Morgan fingerprint density at radius 1 is 1.54 bits per heavy atom. The molecule has 24 heavy (non-hydrogen) atoms. The van der Waals surface area contributed by atoms with Crippen LogP contribution in [-0.4, -0.2) is 41.6 Å². The highest BCUT2D eigenvalue weighted by Crippen LogP contribution is 2.51. The number of hydrogen-bond donors (Lipinski definition) is 0. The Labute approximate surface area is 141 Å². The molecule has 0 aromatic heterocycles. The molecule has 4 aliphatic rings. The van der Waals surface area contributed by atoms with E-state index in [1.165, 1.54) is 11.1 Å². The number of carboxylic acids is 1. The first-order valence-electron chi connectivity index (χ1n) is 8.61. The molecule has 1 aliphatic carbocycles. The summed E-state index contributed by atoms with van der Waals surface area (Å²) in [6.45, 7) is 7.10. The van der Waals surface area contributed by atoms with E-state index in [9.17, 15) is 14.7 Å². The van der Waals surface area contributed by atoms with Gasteiger partial charge in [0.25, 0.3) is 0 Å². The highest BCUT2D eigenvalue weighted by atomic mass is 16.5. The minimum absolute atomic E-state index is 0.112. The maximum atomic E-state index is 12.8. The predicted molar refractivity (Wildman–Crippen MR) is 85.5 cm³/mol. The standard InChI is InChI=1S/C19H23NO4/c1-11(2)13-5-3-12(4-6-13)9-20-10-19-8-7-14(24-19)15(18(22)23)16(19)17(20)21/h3,7-8,13-16H,1,4-6,9-10H2,2H3,(H,22,23)/p-1/t13-,14+,15+,16-,19+/m1/s1. The third-order valence-electron chi connectivity index (χ3n) is 6.05. The zero-order valence-corrected chi connectivity index (χ0v) is 13.9. The average Bonchev–Trinajstić information content (AvgIpc) is 3.16. The SMILES string of the molecule is C=C(C)[C@@H]1CC=C(CN2C[C@]34C=C[C@H](O3)[C@H](C(=O)[O-])[C@@H]4C2=O)CC1. The average molecular weight is 328 g/mol. The number of allylic oxidation sites excluding steroid dienone is 2. The first-order valence-corrected chi connectivity index (χ1v) is 8.61. The van der Waals surface area contributed by atoms with Gasteiger partial charge < -0.3 is 19.5 Å². The van der Waals surface area contributed by atoms with Crippen LogP contribution in [0.15, 0.2) is 36.0 Å². The van der Waals surface area contributed by atoms with E-state index in [1.54, 1.807) is 11.0 Å². The minimum atomic E-state index is -1.19. The number of ether oxygens (including phenoxy) is 1. The summed E-state index contributed by atoms with van der Waals surface area (Å²) in [5, 5.41) is 11.5. The van der Waals surface area contributed by atoms with Crippen molar-refractivity contribution in [1.82, 2.24) is 4.90 Å². The van der Waals surface area contributed by atoms with Crippen molar-refractivity contribution < 1.29 is 19.4 Å². The lowest BCUT2D eigenvalue weighted by molar-refractivity contribution is -0.313. The fraction of sp³-hybridized carbons (Fsp3) is 0.579. The molecule has 0 aromatic rings. The van der Waals surface area contributed by atoms with Crippen LogP contribution in [0, 0.1) is 17.8 Å². The van der Waals surface area contributed by atoms with Crippen LogP contribution in [0.2, 0.25) is 0 Å². The molecule has 0 N–H and O–H groups in total. The van der Waals surface area contributed by atoms with E-state index >= 15 is 0 Å². The summed E-state index contributed by atoms with van der Waals surface area (Å²) in [5.41, 5.74) is 1.70. The Morgan fingerprint density at radius 2 is 2.33 bits per heavy atom. The quantitative estimate of drug-likeness (QED) is 0.717. The number of carbonyl (C=O) groups excluding carboxylic acids is 2. The number of likely N-dealkylation sites (tertiary alicyclic amines) is 1. The molecule has 4 rings (SSSR count). The fourth-order valence-corrected chi connectivity index (χ4v) is 4.71. The van der Waals surface area contributed by atoms with E-state index in [2.05, 4.69) is 19.6 Å². The normalized spacial score (nSPS) is 40.0. The van der Waals surface area contributed by atoms with Crippen molar-refractivity contribution in [2.45, 2.75) is 37.9 Å². The van der Waals surface area contributed by atoms with Crippen molar-refractivity contribution in [3.8, 4) is 0 Å². The van der Waals surface area contributed by atoms with Gasteiger partial charge in [0.2, 0.25) is 5.91 Å². The second kappa shape index (κ2) is 5.31. The highest BCUT2D eigenvalue weighted by Gasteiger charge is 2.65. The van der Waals surface area contributed by atoms with E-state index < -0.39 is 29.5 Å². The van der Waals surface area contributed by atoms with Crippen LogP contribution in [0.4, 0.5) is 0 Å². The Bertz CT molecular complexity index is 679. The van der Waals surface area contributed by atoms with E-state index in [0.29, 0.717) is 19.0 Å². The maximum Gasteiger partial charge on any atom is 0.230 e. The minimum Gasteiger partial charge on any atom is -0.550 e. The summed E-state index contributed by atoms with van der Waals surface area (Å²) in [4.78, 5) is 26.0. The zero-order chi connectivity index (χ0) is 17.1. The summed E-state index contributed by atoms with van der Waals surface area (Å²) in [6, 6.07) is 0. The second-order valence-corrected chi connectivity index (χ2v) is 7.59. The lowest BCUT2D eigenvalue weighted by atomic mass is 9.77. The largest absolute Gasteiger partial charge is 0.550 e. The molecular weight excluding hydrogens is 306 g/mol. The van der Waals surface area contributed by atoms with Gasteiger partial charge >= 0.3 is 0 Å². The van der Waals surface area contributed by atoms with Crippen LogP contribution in [0.25, 0.3) is 0 Å². The van der Waals surface area contributed by atoms with Gasteiger partial charge in [-0.1, -0.05) is 36.0 Å². The Balaban J connectivity index is 1.50. The topological polar surface area (TPSA) is 69.7 Å². The zero-order valence-electron chi connectivity index (χ0n) is 13.9. The molecule has 5 nitrogen and oxygen atoms in total. The lowest BCUT2D eigenvalue weighted by Crippen LogP contribution is -2.45. The van der Waals surface area contributed by atoms with Gasteiger partial charge in [0.1, 0.15) is 5.60 Å². The molecule has 2 bridgehead atoms. The molecule has 0 saturated carbocycles. The second-order valence-electron chi connectivity index (χ2n) is 7.59. The number of carboxylic acid groups (broad SMARTS) is 1. The van der Waals surface area contributed by atoms with Gasteiger partial charge in [-0.05, 0) is 32.1 Å². The third-order valence-corrected chi connectivity index (χ3v) is 6.05. The fourth-order valence-electron chi connectivity index (χ4n) is 4.71. The monoisotopic (exact) mass is 328 g/mol. The smallest absolute Gasteiger partial charge is 0.230 e. The van der Waals surface area contributed by atoms with Gasteiger partial charge in [-0.25, -0.2) is 0 Å². The summed E-state index contributed by atoms with van der Waals surface area (Å²) in [6.07, 6.45) is 8.35. The third kappa shape index (κ3) is 2.18. The highest BCUT2D eigenvalue weighted by molar-refractivity contribution is 5.90. The van der Waals surface area contributed by atoms with Gasteiger partial charge in [0, 0.05) is 18.4 Å². The van der Waals surface area contributed by atoms with Crippen molar-refractivity contribution in [3.05, 3.63) is 36.0 Å². The van der Waals surface area contributed by atoms with E-state index in [0.717, 1.165) is 19.3 Å². The summed E-state index contributed by atoms with van der Waals surface area (Å²) >= 11 is 0. The molecule has 0 unspecified atom stereocenters. The van der Waals surface area contributed by atoms with E-state index in [1.807, 2.05) is 6.08 Å². The molecule has 1 amide bonds. The number of fused-ring (bicyclic) bond motifs is 1. The van der Waals surface area contributed by atoms with Crippen LogP contribution in [0.5, 0.6) is 0 Å². The molecule has 1 spiro atoms. The van der Waals surface area contributed by atoms with Crippen molar-refractivity contribution in [3.63, 3.8) is 0 Å². The van der Waals surface area contributed by atoms with Crippen LogP contribution >= 0.6 is 0 Å². The molecule has 2 fully saturated rings. The Kier molecular flexibility index (Phi) is 3.46. The van der Waals surface area contributed by atoms with Crippen molar-refractivity contribution in [1.29, 1.82) is 0 Å². The molecular formula is C19H22NO4-. The lowest BCUT2D eigenvalue weighted by Gasteiger charge is -2.27. The molecule has 5 atom stereocenters. The van der Waals surface area contributed by atoms with Gasteiger partial charge in [-0.2, -0.15) is 0 Å². The van der Waals surface area contributed by atoms with Crippen LogP contribution < -0.4 is 5.11 Å². The Hall–Kier alpha value is -1.88. The number of carbonyl (C=O) groups is 2. The molecule has 3 heterocycles. The molecule has 2 saturated heterocycles. The predicted octanol–water partition coefficient (Wildman–Crippen LogP) is 0.821. The summed E-state index contributed by atoms with van der Waals surface area (Å²) < 4.78 is 5.87. The first kappa shape index (κ1) is 15.6. The number of aliphatic carboxylic acids is 1. The van der Waals surface area contributed by atoms with Gasteiger partial charge in [-0.3, -0.25) is 4.79 Å². The van der Waals surface area contributed by atoms with E-state index in [-0.39, 0.29) is 5.91 Å². The van der Waals surface area contributed by atoms with Crippen molar-refractivity contribution >= 4 is 11.9 Å². The Morgan fingerprint density at radius 3 is 2.96 bits per heavy atom. The molecule has 128 valence electrons. The van der Waals surface area contributed by atoms with Gasteiger partial charge in [0.05, 0.1) is 18.6 Å². The number of amides is 1. The summed E-state index contributed by atoms with van der Waals surface area (Å²) in [7, 11) is 0. The van der Waals surface area contributed by atoms with Crippen molar-refractivity contribution in [2.75, 3.05) is 13.1 Å². The van der Waals surface area contributed by atoms with E-state index in [4.69, 9.17) is 4.74 Å². The van der Waals surface area contributed by atoms with Crippen molar-refractivity contribution in [2.24, 2.45) is 17.8 Å². The van der Waals surface area contributed by atoms with Crippen LogP contribution in [0.3, 0.4) is 0 Å². The van der Waals surface area contributed by atoms with Gasteiger partial charge in [-0.15, -0.1) is 0 Å². The molecule has 0 radical (unpaired) electrons. The van der Waals surface area contributed by atoms with Gasteiger partial charge in [0.15, 0.2) is 0 Å². The van der Waals surface area contributed by atoms with Crippen LogP contribution in [-0.2, 0) is 14.3 Å². The summed E-state index contributed by atoms with van der Waals surface area (Å²) in [5.74, 6) is -2.26. The first-order chi connectivity index (χ1) is 11.4. The number of rotatable bonds is 4. The molecule has 3 aliphatic heterocycles. The van der Waals surface area contributed by atoms with Crippen LogP contribution in [0.1, 0.15) is 26.2 Å². The number of nitrogens with zero attached hydrogens (tertiary/aromatic N) is 1. The molecule has 5 heteroatoms. The molecule has 0 aromatic carbocycles. The maximum absolute atomic E-state index is 12.8. The number of hydrogen-bond acceptors (Lipinski definition) is 4.